The Labute approximate surface area is 108 Å². The predicted molar refractivity (Wildman–Crippen MR) is 72.8 cm³/mol. The minimum atomic E-state index is -0.609. The summed E-state index contributed by atoms with van der Waals surface area (Å²) in [5.74, 6) is 0.587. The zero-order chi connectivity index (χ0) is 13.3. The maximum absolute atomic E-state index is 11.4. The van der Waals surface area contributed by atoms with Crippen LogP contribution >= 0.6 is 0 Å². The van der Waals surface area contributed by atoms with Crippen molar-refractivity contribution in [1.29, 1.82) is 0 Å². The Bertz CT molecular complexity index is 466. The summed E-state index contributed by atoms with van der Waals surface area (Å²) in [6.45, 7) is 6.68. The average molecular weight is 249 g/mol. The van der Waals surface area contributed by atoms with Gasteiger partial charge in [0.15, 0.2) is 5.43 Å². The molecular weight excluding hydrogens is 226 g/mol. The van der Waals surface area contributed by atoms with E-state index in [1.165, 1.54) is 6.42 Å². The highest BCUT2D eigenvalue weighted by Gasteiger charge is 2.33. The molecule has 3 heteroatoms. The quantitative estimate of drug-likeness (QED) is 0.874. The van der Waals surface area contributed by atoms with Gasteiger partial charge < -0.3 is 9.67 Å². The molecule has 1 fully saturated rings. The van der Waals surface area contributed by atoms with Crippen molar-refractivity contribution >= 4 is 0 Å². The van der Waals surface area contributed by atoms with Gasteiger partial charge in [-0.2, -0.15) is 0 Å². The largest absolute Gasteiger partial charge is 0.388 e. The molecule has 2 unspecified atom stereocenters. The van der Waals surface area contributed by atoms with Crippen molar-refractivity contribution in [2.24, 2.45) is 5.92 Å². The molecule has 0 aliphatic heterocycles. The van der Waals surface area contributed by atoms with Crippen LogP contribution in [0.15, 0.2) is 16.9 Å². The van der Waals surface area contributed by atoms with Crippen molar-refractivity contribution in [2.45, 2.75) is 58.6 Å². The molecule has 0 aromatic carbocycles. The van der Waals surface area contributed by atoms with Crippen molar-refractivity contribution in [3.8, 4) is 0 Å². The molecule has 2 rings (SSSR count). The fourth-order valence-electron chi connectivity index (χ4n) is 3.21. The molecule has 0 saturated heterocycles. The first-order valence-electron chi connectivity index (χ1n) is 6.80. The van der Waals surface area contributed by atoms with Crippen LogP contribution in [0, 0.1) is 19.8 Å². The molecular formula is C15H23NO2. The van der Waals surface area contributed by atoms with Crippen LogP contribution in [0.5, 0.6) is 0 Å². The lowest BCUT2D eigenvalue weighted by molar-refractivity contribution is -0.0281. The Morgan fingerprint density at radius 2 is 2.00 bits per heavy atom. The van der Waals surface area contributed by atoms with E-state index in [4.69, 9.17) is 0 Å². The lowest BCUT2D eigenvalue weighted by atomic mass is 9.79. The Balaban J connectivity index is 2.26. The van der Waals surface area contributed by atoms with Crippen molar-refractivity contribution in [1.82, 2.24) is 4.57 Å². The van der Waals surface area contributed by atoms with Gasteiger partial charge in [0.1, 0.15) is 0 Å². The van der Waals surface area contributed by atoms with Gasteiger partial charge in [-0.15, -0.1) is 0 Å². The van der Waals surface area contributed by atoms with Gasteiger partial charge in [0.2, 0.25) is 0 Å². The van der Waals surface area contributed by atoms with E-state index >= 15 is 0 Å². The number of pyridine rings is 1. The van der Waals surface area contributed by atoms with Gasteiger partial charge in [-0.25, -0.2) is 0 Å². The monoisotopic (exact) mass is 249 g/mol. The summed E-state index contributed by atoms with van der Waals surface area (Å²) in [6, 6.07) is 3.28. The molecule has 2 atom stereocenters. The molecule has 0 amide bonds. The van der Waals surface area contributed by atoms with Crippen LogP contribution in [0.2, 0.25) is 0 Å². The second-order valence-electron chi connectivity index (χ2n) is 5.99. The maximum Gasteiger partial charge on any atom is 0.182 e. The summed E-state index contributed by atoms with van der Waals surface area (Å²) in [4.78, 5) is 11.4. The fraction of sp³-hybridized carbons (Fsp3) is 0.667. The average Bonchev–Trinajstić information content (AvgIpc) is 2.23. The van der Waals surface area contributed by atoms with Crippen LogP contribution in [0.3, 0.4) is 0 Å². The zero-order valence-corrected chi connectivity index (χ0v) is 11.6. The van der Waals surface area contributed by atoms with Crippen LogP contribution in [0.25, 0.3) is 0 Å². The van der Waals surface area contributed by atoms with Crippen molar-refractivity contribution in [2.75, 3.05) is 0 Å². The molecule has 1 aromatic rings. The lowest BCUT2D eigenvalue weighted by Gasteiger charge is -2.37. The summed E-state index contributed by atoms with van der Waals surface area (Å²) < 4.78 is 2.07. The van der Waals surface area contributed by atoms with Crippen LogP contribution in [-0.4, -0.2) is 15.3 Å². The first kappa shape index (κ1) is 13.3. The highest BCUT2D eigenvalue weighted by molar-refractivity contribution is 5.13. The van der Waals surface area contributed by atoms with E-state index in [0.717, 1.165) is 30.7 Å². The molecule has 1 N–H and O–H groups in total. The van der Waals surface area contributed by atoms with E-state index in [2.05, 4.69) is 11.5 Å². The first-order chi connectivity index (χ1) is 8.39. The zero-order valence-electron chi connectivity index (χ0n) is 11.6. The van der Waals surface area contributed by atoms with Crippen molar-refractivity contribution in [3.63, 3.8) is 0 Å². The minimum Gasteiger partial charge on any atom is -0.388 e. The molecule has 1 aromatic heterocycles. The minimum absolute atomic E-state index is 0.0465. The number of aromatic nitrogens is 1. The maximum atomic E-state index is 11.4. The normalized spacial score (nSPS) is 28.3. The van der Waals surface area contributed by atoms with Gasteiger partial charge >= 0.3 is 0 Å². The van der Waals surface area contributed by atoms with Crippen molar-refractivity contribution in [3.05, 3.63) is 33.7 Å². The smallest absolute Gasteiger partial charge is 0.182 e. The molecule has 1 aliphatic carbocycles. The van der Waals surface area contributed by atoms with Crippen LogP contribution in [0.1, 0.15) is 44.0 Å². The molecule has 1 aliphatic rings. The van der Waals surface area contributed by atoms with Crippen LogP contribution in [0.4, 0.5) is 0 Å². The third kappa shape index (κ3) is 2.83. The van der Waals surface area contributed by atoms with E-state index in [1.807, 2.05) is 13.8 Å². The standard InChI is InChI=1S/C15H23NO2/c1-11-5-4-6-15(18,9-11)10-16-12(2)7-14(17)8-13(16)3/h7-8,11,18H,4-6,9-10H2,1-3H3. The number of aliphatic hydroxyl groups is 1. The summed E-state index contributed by atoms with van der Waals surface area (Å²) in [5, 5.41) is 10.7. The fourth-order valence-corrected chi connectivity index (χ4v) is 3.21. The number of hydrogen-bond donors (Lipinski definition) is 1. The summed E-state index contributed by atoms with van der Waals surface area (Å²) in [5.41, 5.74) is 1.31. The summed E-state index contributed by atoms with van der Waals surface area (Å²) in [6.07, 6.45) is 4.03. The van der Waals surface area contributed by atoms with Crippen molar-refractivity contribution < 1.29 is 5.11 Å². The number of nitrogens with zero attached hydrogens (tertiary/aromatic N) is 1. The Morgan fingerprint density at radius 1 is 1.39 bits per heavy atom. The van der Waals surface area contributed by atoms with E-state index in [9.17, 15) is 9.90 Å². The molecule has 0 bridgehead atoms. The van der Waals surface area contributed by atoms with Crippen LogP contribution in [-0.2, 0) is 6.54 Å². The van der Waals surface area contributed by atoms with Gasteiger partial charge in [-0.3, -0.25) is 4.79 Å². The topological polar surface area (TPSA) is 42.2 Å². The molecule has 3 nitrogen and oxygen atoms in total. The van der Waals surface area contributed by atoms with E-state index in [-0.39, 0.29) is 5.43 Å². The Morgan fingerprint density at radius 3 is 2.56 bits per heavy atom. The predicted octanol–water partition coefficient (Wildman–Crippen LogP) is 2.41. The number of aryl methyl sites for hydroxylation is 2. The second-order valence-corrected chi connectivity index (χ2v) is 5.99. The third-order valence-electron chi connectivity index (χ3n) is 4.07. The van der Waals surface area contributed by atoms with Gasteiger partial charge in [-0.1, -0.05) is 19.8 Å². The molecule has 1 saturated carbocycles. The first-order valence-corrected chi connectivity index (χ1v) is 6.80. The molecule has 18 heavy (non-hydrogen) atoms. The van der Waals surface area contributed by atoms with Gasteiger partial charge in [0, 0.05) is 23.5 Å². The Kier molecular flexibility index (Phi) is 3.62. The molecule has 0 radical (unpaired) electrons. The highest BCUT2D eigenvalue weighted by Crippen LogP contribution is 2.33. The number of rotatable bonds is 2. The molecule has 100 valence electrons. The summed E-state index contributed by atoms with van der Waals surface area (Å²) in [7, 11) is 0. The lowest BCUT2D eigenvalue weighted by Crippen LogP contribution is -2.40. The third-order valence-corrected chi connectivity index (χ3v) is 4.07. The van der Waals surface area contributed by atoms with Crippen LogP contribution < -0.4 is 5.43 Å². The second kappa shape index (κ2) is 4.88. The van der Waals surface area contributed by atoms with E-state index in [1.54, 1.807) is 12.1 Å². The SMILES string of the molecule is Cc1cc(=O)cc(C)n1CC1(O)CCCC(C)C1. The van der Waals surface area contributed by atoms with E-state index < -0.39 is 5.60 Å². The molecule has 0 spiro atoms. The summed E-state index contributed by atoms with van der Waals surface area (Å²) >= 11 is 0. The van der Waals surface area contributed by atoms with E-state index in [0.29, 0.717) is 12.5 Å². The van der Waals surface area contributed by atoms with Gasteiger partial charge in [0.25, 0.3) is 0 Å². The number of hydrogen-bond acceptors (Lipinski definition) is 2. The van der Waals surface area contributed by atoms with Gasteiger partial charge in [-0.05, 0) is 32.6 Å². The molecule has 1 heterocycles. The highest BCUT2D eigenvalue weighted by atomic mass is 16.3. The Hall–Kier alpha value is -1.09. The van der Waals surface area contributed by atoms with Gasteiger partial charge in [0.05, 0.1) is 12.1 Å².